The first-order chi connectivity index (χ1) is 29.8. The second-order valence-corrected chi connectivity index (χ2v) is 15.7. The molecule has 1 aliphatic carbocycles. The lowest BCUT2D eigenvalue weighted by atomic mass is 9.66. The van der Waals surface area contributed by atoms with Crippen LogP contribution in [0.25, 0.3) is 49.4 Å². The molecule has 0 amide bonds. The van der Waals surface area contributed by atoms with Gasteiger partial charge in [-0.1, -0.05) is 188 Å². The van der Waals surface area contributed by atoms with Crippen LogP contribution in [-0.2, 0) is 5.41 Å². The predicted molar refractivity (Wildman–Crippen MR) is 247 cm³/mol. The van der Waals surface area contributed by atoms with E-state index in [4.69, 9.17) is 9.98 Å². The highest BCUT2D eigenvalue weighted by Crippen LogP contribution is 2.61. The highest BCUT2D eigenvalue weighted by Gasteiger charge is 2.48. The number of aliphatic imine (C=N–C) groups is 2. The molecule has 12 rings (SSSR count). The third-order valence-corrected chi connectivity index (χ3v) is 12.5. The van der Waals surface area contributed by atoms with Crippen molar-refractivity contribution in [3.63, 3.8) is 0 Å². The van der Waals surface area contributed by atoms with Crippen molar-refractivity contribution >= 4 is 44.2 Å². The molecule has 0 saturated carbocycles. The van der Waals surface area contributed by atoms with Crippen LogP contribution in [0, 0.1) is 0 Å². The van der Waals surface area contributed by atoms with Gasteiger partial charge in [0.05, 0.1) is 16.4 Å². The lowest BCUT2D eigenvalue weighted by molar-refractivity contribution is 0.674. The molecular weight excluding hydrogens is 729 g/mol. The number of fused-ring (bicyclic) bond motifs is 10. The first-order valence-electron chi connectivity index (χ1n) is 20.6. The predicted octanol–water partition coefficient (Wildman–Crippen LogP) is 12.8. The smallest absolute Gasteiger partial charge is 0.159 e. The maximum Gasteiger partial charge on any atom is 0.159 e. The Bertz CT molecular complexity index is 3270. The Morgan fingerprint density at radius 2 is 1.05 bits per heavy atom. The van der Waals surface area contributed by atoms with Crippen LogP contribution in [0.3, 0.4) is 0 Å². The molecule has 0 bridgehead atoms. The Balaban J connectivity index is 1.10. The van der Waals surface area contributed by atoms with Crippen molar-refractivity contribution in [1.29, 1.82) is 0 Å². The molecule has 4 nitrogen and oxygen atoms in total. The third kappa shape index (κ3) is 5.04. The minimum Gasteiger partial charge on any atom is -0.344 e. The molecule has 2 aliphatic rings. The summed E-state index contributed by atoms with van der Waals surface area (Å²) in [6, 6.07) is 78.8. The van der Waals surface area contributed by atoms with Crippen LogP contribution < -0.4 is 5.32 Å². The molecule has 10 aromatic rings. The van der Waals surface area contributed by atoms with E-state index in [1.807, 2.05) is 24.3 Å². The zero-order valence-electron chi connectivity index (χ0n) is 32.7. The van der Waals surface area contributed by atoms with Crippen molar-refractivity contribution in [2.75, 3.05) is 0 Å². The first-order valence-corrected chi connectivity index (χ1v) is 20.6. The lowest BCUT2D eigenvalue weighted by Gasteiger charge is -2.34. The molecule has 0 fully saturated rings. The Morgan fingerprint density at radius 3 is 1.75 bits per heavy atom. The van der Waals surface area contributed by atoms with Crippen LogP contribution in [0.4, 0.5) is 0 Å². The van der Waals surface area contributed by atoms with E-state index in [1.54, 1.807) is 0 Å². The molecule has 282 valence electrons. The van der Waals surface area contributed by atoms with Gasteiger partial charge < -0.3 is 9.88 Å². The molecule has 60 heavy (non-hydrogen) atoms. The Kier molecular flexibility index (Phi) is 7.79. The molecule has 2 heterocycles. The number of hydrogen-bond acceptors (Lipinski definition) is 3. The summed E-state index contributed by atoms with van der Waals surface area (Å²) < 4.78 is 2.48. The molecule has 1 unspecified atom stereocenters. The van der Waals surface area contributed by atoms with Crippen molar-refractivity contribution in [2.24, 2.45) is 9.98 Å². The second kappa shape index (κ2) is 13.6. The standard InChI is InChI=1S/C56H38N4/c1-5-19-37(20-6-1)53-57-54(38-21-7-2-8-22-38)59-55(58-53)39-33-35-42(36-34-39)60-48-32-18-16-30-46(48)50-49-45-29-15-17-31-47(45)56(40-23-9-3-10-24-40,41-25-11-4-12-26-41)51(49)43-27-13-14-28-44(43)52(50)60/h1-36,53H,(H,57,58,59). The van der Waals surface area contributed by atoms with Crippen LogP contribution in [0.2, 0.25) is 0 Å². The third-order valence-electron chi connectivity index (χ3n) is 12.5. The summed E-state index contributed by atoms with van der Waals surface area (Å²) in [4.78, 5) is 10.2. The molecule has 1 aliphatic heterocycles. The van der Waals surface area contributed by atoms with Gasteiger partial charge in [-0.2, -0.15) is 0 Å². The normalized spacial score (nSPS) is 15.3. The van der Waals surface area contributed by atoms with Gasteiger partial charge in [-0.3, -0.25) is 0 Å². The van der Waals surface area contributed by atoms with E-state index in [9.17, 15) is 0 Å². The molecule has 1 aromatic heterocycles. The summed E-state index contributed by atoms with van der Waals surface area (Å²) in [5.74, 6) is 1.51. The van der Waals surface area contributed by atoms with Gasteiger partial charge in [0.1, 0.15) is 12.0 Å². The Labute approximate surface area is 348 Å². The molecule has 1 N–H and O–H groups in total. The van der Waals surface area contributed by atoms with Gasteiger partial charge in [-0.25, -0.2) is 9.98 Å². The van der Waals surface area contributed by atoms with E-state index >= 15 is 0 Å². The monoisotopic (exact) mass is 766 g/mol. The summed E-state index contributed by atoms with van der Waals surface area (Å²) in [5.41, 5.74) is 13.8. The summed E-state index contributed by atoms with van der Waals surface area (Å²) in [7, 11) is 0. The maximum atomic E-state index is 5.10. The molecule has 0 saturated heterocycles. The molecule has 0 radical (unpaired) electrons. The van der Waals surface area contributed by atoms with Crippen molar-refractivity contribution < 1.29 is 0 Å². The van der Waals surface area contributed by atoms with Gasteiger partial charge >= 0.3 is 0 Å². The van der Waals surface area contributed by atoms with Gasteiger partial charge in [-0.05, 0) is 74.7 Å². The van der Waals surface area contributed by atoms with E-state index in [-0.39, 0.29) is 6.17 Å². The second-order valence-electron chi connectivity index (χ2n) is 15.7. The first kappa shape index (κ1) is 34.2. The van der Waals surface area contributed by atoms with Crippen LogP contribution in [0.1, 0.15) is 45.1 Å². The van der Waals surface area contributed by atoms with E-state index in [0.29, 0.717) is 5.84 Å². The zero-order chi connectivity index (χ0) is 39.6. The van der Waals surface area contributed by atoms with Crippen molar-refractivity contribution in [3.05, 3.63) is 257 Å². The summed E-state index contributed by atoms with van der Waals surface area (Å²) in [6.45, 7) is 0. The Hall–Kier alpha value is -7.82. The average molecular weight is 767 g/mol. The van der Waals surface area contributed by atoms with E-state index in [1.165, 1.54) is 66.0 Å². The minimum atomic E-state index is -0.527. The van der Waals surface area contributed by atoms with Gasteiger partial charge in [0.15, 0.2) is 5.84 Å². The molecule has 9 aromatic carbocycles. The fourth-order valence-corrected chi connectivity index (χ4v) is 10.0. The molecule has 1 atom stereocenters. The maximum absolute atomic E-state index is 5.10. The van der Waals surface area contributed by atoms with Gasteiger partial charge in [0.2, 0.25) is 0 Å². The minimum absolute atomic E-state index is 0.263. The number of nitrogens with one attached hydrogen (secondary N) is 1. The van der Waals surface area contributed by atoms with Crippen LogP contribution in [-0.4, -0.2) is 16.2 Å². The lowest BCUT2D eigenvalue weighted by Crippen LogP contribution is -2.33. The number of rotatable bonds is 6. The zero-order valence-corrected chi connectivity index (χ0v) is 32.7. The van der Waals surface area contributed by atoms with Crippen LogP contribution in [0.5, 0.6) is 0 Å². The van der Waals surface area contributed by atoms with Crippen LogP contribution >= 0.6 is 0 Å². The highest BCUT2D eigenvalue weighted by molar-refractivity contribution is 6.27. The molecular formula is C56H38N4. The van der Waals surface area contributed by atoms with E-state index in [0.717, 1.165) is 28.2 Å². The average Bonchev–Trinajstić information content (AvgIpc) is 3.85. The summed E-state index contributed by atoms with van der Waals surface area (Å²) >= 11 is 0. The van der Waals surface area contributed by atoms with Crippen molar-refractivity contribution in [2.45, 2.75) is 11.6 Å². The van der Waals surface area contributed by atoms with Crippen LogP contribution in [0.15, 0.2) is 228 Å². The van der Waals surface area contributed by atoms with Crippen molar-refractivity contribution in [3.8, 4) is 16.8 Å². The fraction of sp³-hybridized carbons (Fsp3) is 0.0357. The highest BCUT2D eigenvalue weighted by atomic mass is 15.2. The topological polar surface area (TPSA) is 41.7 Å². The quantitative estimate of drug-likeness (QED) is 0.180. The van der Waals surface area contributed by atoms with Gasteiger partial charge in [0, 0.05) is 33.0 Å². The SMILES string of the molecule is c1ccc(C2=NC(c3ccccc3)NC(c3ccc(-n4c5ccccc5c5c6c(c7ccccc7c54)C(c4ccccc4)(c4ccccc4)c4ccccc4-6)cc3)=N2)cc1. The molecule has 0 spiro atoms. The van der Waals surface area contributed by atoms with E-state index < -0.39 is 5.41 Å². The molecule has 4 heteroatoms. The number of aromatic nitrogens is 1. The summed E-state index contributed by atoms with van der Waals surface area (Å²) in [5, 5.41) is 8.64. The van der Waals surface area contributed by atoms with E-state index in [2.05, 4.69) is 204 Å². The van der Waals surface area contributed by atoms with Gasteiger partial charge in [-0.15, -0.1) is 0 Å². The van der Waals surface area contributed by atoms with Crippen molar-refractivity contribution in [1.82, 2.24) is 9.88 Å². The number of benzene rings is 9. The largest absolute Gasteiger partial charge is 0.344 e. The summed E-state index contributed by atoms with van der Waals surface area (Å²) in [6.07, 6.45) is -0.263. The number of nitrogens with zero attached hydrogens (tertiary/aromatic N) is 3. The number of hydrogen-bond donors (Lipinski definition) is 1. The fourth-order valence-electron chi connectivity index (χ4n) is 10.0. The number of amidine groups is 2. The Morgan fingerprint density at radius 1 is 0.483 bits per heavy atom. The van der Waals surface area contributed by atoms with Gasteiger partial charge in [0.25, 0.3) is 0 Å². The number of para-hydroxylation sites is 1.